The van der Waals surface area contributed by atoms with Gasteiger partial charge in [-0.1, -0.05) is 23.7 Å². The van der Waals surface area contributed by atoms with Crippen molar-refractivity contribution in [2.24, 2.45) is 5.73 Å². The summed E-state index contributed by atoms with van der Waals surface area (Å²) in [6, 6.07) is 12.8. The molecule has 2 N–H and O–H groups in total. The molecule has 3 atom stereocenters. The summed E-state index contributed by atoms with van der Waals surface area (Å²) in [5, 5.41) is 0.776. The van der Waals surface area contributed by atoms with Gasteiger partial charge in [0.25, 0.3) is 0 Å². The van der Waals surface area contributed by atoms with Crippen LogP contribution in [0.2, 0.25) is 5.02 Å². The number of halogens is 1. The van der Waals surface area contributed by atoms with Crippen LogP contribution in [-0.4, -0.2) is 38.3 Å². The van der Waals surface area contributed by atoms with Gasteiger partial charge in [0, 0.05) is 36.1 Å². The third-order valence-electron chi connectivity index (χ3n) is 5.83. The predicted molar refractivity (Wildman–Crippen MR) is 104 cm³/mol. The standard InChI is InChI=1S/C21H25ClN2O2/c1-25-20-9-14-6-7-24-12-17(13-4-3-5-15(22)8-13)18(23)11-19(24)16(14)10-21(20)26-2/h3-5,8-10,17-19H,6-7,11-12,23H2,1-2H3/t17-,18-,19?/m1/s1. The molecule has 2 aromatic carbocycles. The van der Waals surface area contributed by atoms with Crippen molar-refractivity contribution in [1.29, 1.82) is 0 Å². The average Bonchev–Trinajstić information content (AvgIpc) is 2.66. The van der Waals surface area contributed by atoms with Crippen LogP contribution in [0.1, 0.15) is 35.1 Å². The molecule has 1 unspecified atom stereocenters. The quantitative estimate of drug-likeness (QED) is 0.890. The van der Waals surface area contributed by atoms with Crippen LogP contribution in [0.3, 0.4) is 0 Å². The van der Waals surface area contributed by atoms with Gasteiger partial charge < -0.3 is 15.2 Å². The van der Waals surface area contributed by atoms with Crippen LogP contribution >= 0.6 is 11.6 Å². The minimum Gasteiger partial charge on any atom is -0.493 e. The molecular weight excluding hydrogens is 348 g/mol. The molecule has 1 saturated heterocycles. The molecule has 2 aromatic rings. The molecule has 2 heterocycles. The van der Waals surface area contributed by atoms with Gasteiger partial charge >= 0.3 is 0 Å². The molecule has 0 aromatic heterocycles. The summed E-state index contributed by atoms with van der Waals surface area (Å²) in [6.45, 7) is 2.00. The highest BCUT2D eigenvalue weighted by atomic mass is 35.5. The first kappa shape index (κ1) is 17.7. The summed E-state index contributed by atoms with van der Waals surface area (Å²) in [5.41, 5.74) is 10.5. The highest BCUT2D eigenvalue weighted by Crippen LogP contribution is 2.44. The van der Waals surface area contributed by atoms with Crippen molar-refractivity contribution in [3.63, 3.8) is 0 Å². The topological polar surface area (TPSA) is 47.7 Å². The number of piperidine rings is 1. The van der Waals surface area contributed by atoms with Crippen LogP contribution < -0.4 is 15.2 Å². The second-order valence-electron chi connectivity index (χ2n) is 7.23. The van der Waals surface area contributed by atoms with Crippen LogP contribution in [0.15, 0.2) is 36.4 Å². The zero-order valence-electron chi connectivity index (χ0n) is 15.2. The van der Waals surface area contributed by atoms with E-state index < -0.39 is 0 Å². The fraction of sp³-hybridized carbons (Fsp3) is 0.429. The van der Waals surface area contributed by atoms with Crippen molar-refractivity contribution in [3.8, 4) is 11.5 Å². The van der Waals surface area contributed by atoms with Gasteiger partial charge in [-0.05, 0) is 53.8 Å². The molecular formula is C21H25ClN2O2. The molecule has 138 valence electrons. The van der Waals surface area contributed by atoms with Gasteiger partial charge in [0.15, 0.2) is 11.5 Å². The average molecular weight is 373 g/mol. The van der Waals surface area contributed by atoms with E-state index in [1.54, 1.807) is 14.2 Å². The van der Waals surface area contributed by atoms with E-state index in [1.807, 2.05) is 12.1 Å². The summed E-state index contributed by atoms with van der Waals surface area (Å²) < 4.78 is 11.0. The lowest BCUT2D eigenvalue weighted by atomic mass is 9.78. The van der Waals surface area contributed by atoms with Gasteiger partial charge in [-0.25, -0.2) is 0 Å². The molecule has 0 aliphatic carbocycles. The summed E-state index contributed by atoms with van der Waals surface area (Å²) in [7, 11) is 3.37. The molecule has 4 rings (SSSR count). The Morgan fingerprint density at radius 2 is 1.88 bits per heavy atom. The Morgan fingerprint density at radius 3 is 2.62 bits per heavy atom. The number of ether oxygens (including phenoxy) is 2. The van der Waals surface area contributed by atoms with E-state index in [0.29, 0.717) is 12.0 Å². The largest absolute Gasteiger partial charge is 0.493 e. The summed E-state index contributed by atoms with van der Waals surface area (Å²) in [5.74, 6) is 1.90. The van der Waals surface area contributed by atoms with Crippen LogP contribution in [0, 0.1) is 0 Å². The third-order valence-corrected chi connectivity index (χ3v) is 6.07. The van der Waals surface area contributed by atoms with Crippen molar-refractivity contribution in [1.82, 2.24) is 4.90 Å². The highest BCUT2D eigenvalue weighted by molar-refractivity contribution is 6.30. The number of benzene rings is 2. The van der Waals surface area contributed by atoms with E-state index in [4.69, 9.17) is 26.8 Å². The Kier molecular flexibility index (Phi) is 4.82. The molecule has 0 spiro atoms. The van der Waals surface area contributed by atoms with Crippen LogP contribution in [-0.2, 0) is 6.42 Å². The number of nitrogens with two attached hydrogens (primary N) is 1. The maximum absolute atomic E-state index is 6.63. The lowest BCUT2D eigenvalue weighted by molar-refractivity contribution is 0.109. The first-order valence-electron chi connectivity index (χ1n) is 9.10. The van der Waals surface area contributed by atoms with Crippen molar-refractivity contribution in [3.05, 3.63) is 58.1 Å². The molecule has 2 aliphatic heterocycles. The molecule has 1 fully saturated rings. The van der Waals surface area contributed by atoms with Crippen molar-refractivity contribution < 1.29 is 9.47 Å². The fourth-order valence-corrected chi connectivity index (χ4v) is 4.67. The number of methoxy groups -OCH3 is 2. The third kappa shape index (κ3) is 3.07. The zero-order chi connectivity index (χ0) is 18.3. The van der Waals surface area contributed by atoms with Gasteiger partial charge in [-0.2, -0.15) is 0 Å². The molecule has 0 saturated carbocycles. The van der Waals surface area contributed by atoms with E-state index in [-0.39, 0.29) is 6.04 Å². The summed E-state index contributed by atoms with van der Waals surface area (Å²) >= 11 is 6.20. The minimum atomic E-state index is 0.105. The Morgan fingerprint density at radius 1 is 1.12 bits per heavy atom. The summed E-state index contributed by atoms with van der Waals surface area (Å²) in [4.78, 5) is 2.56. The number of fused-ring (bicyclic) bond motifs is 3. The number of rotatable bonds is 3. The van der Waals surface area contributed by atoms with E-state index in [0.717, 1.165) is 42.5 Å². The molecule has 0 radical (unpaired) electrons. The Labute approximate surface area is 159 Å². The number of hydrogen-bond acceptors (Lipinski definition) is 4. The van der Waals surface area contributed by atoms with Crippen LogP contribution in [0.4, 0.5) is 0 Å². The van der Waals surface area contributed by atoms with Gasteiger partial charge in [0.1, 0.15) is 0 Å². The number of hydrogen-bond donors (Lipinski definition) is 1. The molecule has 0 amide bonds. The van der Waals surface area contributed by atoms with Gasteiger partial charge in [0.05, 0.1) is 14.2 Å². The molecule has 0 bridgehead atoms. The van der Waals surface area contributed by atoms with E-state index in [2.05, 4.69) is 29.2 Å². The Bertz CT molecular complexity index is 811. The number of nitrogens with zero attached hydrogens (tertiary/aromatic N) is 1. The van der Waals surface area contributed by atoms with Crippen LogP contribution in [0.25, 0.3) is 0 Å². The van der Waals surface area contributed by atoms with E-state index in [1.165, 1.54) is 16.7 Å². The first-order valence-corrected chi connectivity index (χ1v) is 9.48. The Hall–Kier alpha value is -1.75. The van der Waals surface area contributed by atoms with Crippen molar-refractivity contribution in [2.75, 3.05) is 27.3 Å². The fourth-order valence-electron chi connectivity index (χ4n) is 4.47. The first-order chi connectivity index (χ1) is 12.6. The van der Waals surface area contributed by atoms with Crippen LogP contribution in [0.5, 0.6) is 11.5 Å². The monoisotopic (exact) mass is 372 g/mol. The van der Waals surface area contributed by atoms with E-state index >= 15 is 0 Å². The smallest absolute Gasteiger partial charge is 0.161 e. The zero-order valence-corrected chi connectivity index (χ0v) is 16.0. The predicted octanol–water partition coefficient (Wildman–Crippen LogP) is 3.77. The van der Waals surface area contributed by atoms with Crippen molar-refractivity contribution >= 4 is 11.6 Å². The van der Waals surface area contributed by atoms with E-state index in [9.17, 15) is 0 Å². The lowest BCUT2D eigenvalue weighted by Crippen LogP contribution is -2.49. The molecule has 4 nitrogen and oxygen atoms in total. The maximum atomic E-state index is 6.63. The SMILES string of the molecule is COc1cc2c(cc1OC)C1C[C@@H](N)[C@@H](c3cccc(Cl)c3)CN1CC2. The Balaban J connectivity index is 1.64. The summed E-state index contributed by atoms with van der Waals surface area (Å²) in [6.07, 6.45) is 1.95. The molecule has 26 heavy (non-hydrogen) atoms. The van der Waals surface area contributed by atoms with Crippen molar-refractivity contribution in [2.45, 2.75) is 30.8 Å². The normalized spacial score (nSPS) is 25.3. The van der Waals surface area contributed by atoms with Gasteiger partial charge in [-0.3, -0.25) is 4.90 Å². The molecule has 5 heteroatoms. The van der Waals surface area contributed by atoms with Gasteiger partial charge in [-0.15, -0.1) is 0 Å². The maximum Gasteiger partial charge on any atom is 0.161 e. The highest BCUT2D eigenvalue weighted by Gasteiger charge is 2.38. The lowest BCUT2D eigenvalue weighted by Gasteiger charge is -2.46. The second-order valence-corrected chi connectivity index (χ2v) is 7.66. The van der Waals surface area contributed by atoms with Gasteiger partial charge in [0.2, 0.25) is 0 Å². The minimum absolute atomic E-state index is 0.105. The molecule has 2 aliphatic rings. The second kappa shape index (κ2) is 7.10.